The van der Waals surface area contributed by atoms with Gasteiger partial charge in [-0.3, -0.25) is 4.79 Å². The Labute approximate surface area is 163 Å². The van der Waals surface area contributed by atoms with Crippen molar-refractivity contribution in [3.63, 3.8) is 0 Å². The van der Waals surface area contributed by atoms with E-state index in [1.165, 1.54) is 0 Å². The van der Waals surface area contributed by atoms with Crippen LogP contribution in [0.25, 0.3) is 0 Å². The van der Waals surface area contributed by atoms with Gasteiger partial charge in [0.25, 0.3) is 0 Å². The van der Waals surface area contributed by atoms with Crippen LogP contribution in [0.5, 0.6) is 0 Å². The molecule has 0 radical (unpaired) electrons. The smallest absolute Gasteiger partial charge is 0.230 e. The Balaban J connectivity index is 1.48. The molecule has 0 spiro atoms. The largest absolute Gasteiger partial charge is 0.368 e. The predicted octanol–water partition coefficient (Wildman–Crippen LogP) is 4.58. The zero-order valence-corrected chi connectivity index (χ0v) is 17.5. The molecule has 1 aliphatic heterocycles. The van der Waals surface area contributed by atoms with Crippen molar-refractivity contribution in [1.82, 2.24) is 4.90 Å². The van der Waals surface area contributed by atoms with Gasteiger partial charge in [0.2, 0.25) is 5.91 Å². The molecule has 4 aliphatic rings. The molecule has 25 heavy (non-hydrogen) atoms. The minimum absolute atomic E-state index is 0.0648. The molecule has 1 aromatic carbocycles. The predicted molar refractivity (Wildman–Crippen MR) is 107 cm³/mol. The van der Waals surface area contributed by atoms with Crippen LogP contribution in [0.2, 0.25) is 5.02 Å². The third kappa shape index (κ3) is 2.13. The Morgan fingerprint density at radius 1 is 1.16 bits per heavy atom. The number of anilines is 1. The molecule has 4 fully saturated rings. The van der Waals surface area contributed by atoms with E-state index in [0.717, 1.165) is 49.7 Å². The lowest BCUT2D eigenvalue weighted by molar-refractivity contribution is -0.173. The Kier molecular flexibility index (Phi) is 3.98. The maximum atomic E-state index is 13.5. The third-order valence-corrected chi connectivity index (χ3v) is 9.72. The molecule has 1 heterocycles. The van der Waals surface area contributed by atoms with E-state index in [0.29, 0.717) is 10.7 Å². The number of hydrogen-bond acceptors (Lipinski definition) is 2. The first kappa shape index (κ1) is 17.7. The Hall–Kier alpha value is -0.740. The monoisotopic (exact) mass is 424 g/mol. The second-order valence-corrected chi connectivity index (χ2v) is 9.99. The van der Waals surface area contributed by atoms with E-state index in [1.54, 1.807) is 0 Å². The average molecular weight is 426 g/mol. The van der Waals surface area contributed by atoms with E-state index in [9.17, 15) is 4.79 Å². The maximum Gasteiger partial charge on any atom is 0.230 e. The van der Waals surface area contributed by atoms with Gasteiger partial charge in [0, 0.05) is 41.7 Å². The second kappa shape index (κ2) is 5.63. The Bertz CT molecular complexity index is 715. The molecule has 3 atom stereocenters. The number of halogens is 2. The van der Waals surface area contributed by atoms with Crippen molar-refractivity contribution in [3.05, 3.63) is 29.3 Å². The van der Waals surface area contributed by atoms with Gasteiger partial charge in [-0.1, -0.05) is 54.4 Å². The van der Waals surface area contributed by atoms with E-state index < -0.39 is 0 Å². The summed E-state index contributed by atoms with van der Waals surface area (Å²) in [5.74, 6) is 0.361. The van der Waals surface area contributed by atoms with Crippen LogP contribution in [-0.4, -0.2) is 41.8 Å². The number of hydrogen-bond donors (Lipinski definition) is 0. The third-order valence-electron chi connectivity index (χ3n) is 7.70. The van der Waals surface area contributed by atoms with Crippen LogP contribution in [0, 0.1) is 16.2 Å². The quantitative estimate of drug-likeness (QED) is 0.648. The molecular weight excluding hydrogens is 400 g/mol. The second-order valence-electron chi connectivity index (χ2n) is 8.64. The summed E-state index contributed by atoms with van der Waals surface area (Å²) >= 11 is 10.0. The summed E-state index contributed by atoms with van der Waals surface area (Å²) in [4.78, 5) is 18.2. The Morgan fingerprint density at radius 3 is 2.36 bits per heavy atom. The zero-order chi connectivity index (χ0) is 18.0. The SMILES string of the molecule is CC12CCC(C(=O)N3CCN(c4cccc(Cl)c4)CC3)(C1Br)C2(C)C. The van der Waals surface area contributed by atoms with Crippen molar-refractivity contribution in [2.75, 3.05) is 31.1 Å². The molecular formula is C20H26BrClN2O. The molecule has 1 aromatic rings. The lowest BCUT2D eigenvalue weighted by Crippen LogP contribution is -2.70. The number of carbonyl (C=O) groups excluding carboxylic acids is 1. The first-order valence-electron chi connectivity index (χ1n) is 9.18. The van der Waals surface area contributed by atoms with Crippen LogP contribution >= 0.6 is 27.5 Å². The van der Waals surface area contributed by atoms with Gasteiger partial charge in [0.1, 0.15) is 0 Å². The molecule has 1 amide bonds. The zero-order valence-electron chi connectivity index (χ0n) is 15.2. The highest BCUT2D eigenvalue weighted by Crippen LogP contribution is 2.80. The van der Waals surface area contributed by atoms with E-state index in [-0.39, 0.29) is 16.2 Å². The normalized spacial score (nSPS) is 36.3. The molecule has 0 N–H and O–H groups in total. The van der Waals surface area contributed by atoms with Gasteiger partial charge < -0.3 is 9.80 Å². The van der Waals surface area contributed by atoms with E-state index in [2.05, 4.69) is 52.6 Å². The number of carbonyl (C=O) groups is 1. The topological polar surface area (TPSA) is 23.6 Å². The first-order chi connectivity index (χ1) is 11.7. The van der Waals surface area contributed by atoms with Crippen molar-refractivity contribution in [2.45, 2.75) is 38.4 Å². The molecule has 3 aliphatic carbocycles. The molecule has 3 saturated carbocycles. The molecule has 5 heteroatoms. The van der Waals surface area contributed by atoms with E-state index in [1.807, 2.05) is 18.2 Å². The van der Waals surface area contributed by atoms with Crippen LogP contribution in [0.15, 0.2) is 24.3 Å². The number of amides is 1. The van der Waals surface area contributed by atoms with E-state index >= 15 is 0 Å². The maximum absolute atomic E-state index is 13.5. The van der Waals surface area contributed by atoms with Gasteiger partial charge in [0.05, 0.1) is 5.41 Å². The molecule has 2 bridgehead atoms. The number of benzene rings is 1. The fraction of sp³-hybridized carbons (Fsp3) is 0.650. The highest BCUT2D eigenvalue weighted by Gasteiger charge is 2.80. The average Bonchev–Trinajstić information content (AvgIpc) is 3.01. The van der Waals surface area contributed by atoms with Gasteiger partial charge in [0.15, 0.2) is 0 Å². The number of fused-ring (bicyclic) bond motifs is 1. The van der Waals surface area contributed by atoms with Crippen molar-refractivity contribution >= 4 is 39.1 Å². The molecule has 3 nitrogen and oxygen atoms in total. The number of piperazine rings is 1. The van der Waals surface area contributed by atoms with Crippen LogP contribution < -0.4 is 4.90 Å². The summed E-state index contributed by atoms with van der Waals surface area (Å²) in [6.45, 7) is 10.2. The summed E-state index contributed by atoms with van der Waals surface area (Å²) < 4.78 is 0. The standard InChI is InChI=1S/C20H26BrClN2O/c1-18(2)19(3)7-8-20(18,16(19)21)17(25)24-11-9-23(10-12-24)15-6-4-5-14(22)13-15/h4-6,13,16H,7-12H2,1-3H3. The number of alkyl halides is 1. The van der Waals surface area contributed by atoms with Gasteiger partial charge in [-0.15, -0.1) is 0 Å². The van der Waals surface area contributed by atoms with Gasteiger partial charge in [-0.05, 0) is 41.9 Å². The van der Waals surface area contributed by atoms with Gasteiger partial charge >= 0.3 is 0 Å². The van der Waals surface area contributed by atoms with Crippen molar-refractivity contribution < 1.29 is 4.79 Å². The van der Waals surface area contributed by atoms with Crippen LogP contribution in [-0.2, 0) is 4.79 Å². The van der Waals surface area contributed by atoms with Crippen LogP contribution in [0.1, 0.15) is 33.6 Å². The fourth-order valence-electron chi connectivity index (χ4n) is 5.55. The molecule has 1 saturated heterocycles. The summed E-state index contributed by atoms with van der Waals surface area (Å²) in [7, 11) is 0. The van der Waals surface area contributed by atoms with E-state index in [4.69, 9.17) is 11.6 Å². The summed E-state index contributed by atoms with van der Waals surface area (Å²) in [6.07, 6.45) is 2.16. The van der Waals surface area contributed by atoms with Crippen LogP contribution in [0.3, 0.4) is 0 Å². The summed E-state index contributed by atoms with van der Waals surface area (Å²) in [5, 5.41) is 0.762. The Morgan fingerprint density at radius 2 is 1.84 bits per heavy atom. The molecule has 3 unspecified atom stereocenters. The van der Waals surface area contributed by atoms with Crippen molar-refractivity contribution in [1.29, 1.82) is 0 Å². The number of rotatable bonds is 2. The molecule has 136 valence electrons. The minimum Gasteiger partial charge on any atom is -0.368 e. The summed E-state index contributed by atoms with van der Waals surface area (Å²) in [6, 6.07) is 7.98. The van der Waals surface area contributed by atoms with Crippen molar-refractivity contribution in [2.24, 2.45) is 16.2 Å². The van der Waals surface area contributed by atoms with Gasteiger partial charge in [-0.2, -0.15) is 0 Å². The van der Waals surface area contributed by atoms with Crippen molar-refractivity contribution in [3.8, 4) is 0 Å². The number of nitrogens with zero attached hydrogens (tertiary/aromatic N) is 2. The highest BCUT2D eigenvalue weighted by molar-refractivity contribution is 9.09. The first-order valence-corrected chi connectivity index (χ1v) is 10.5. The lowest BCUT2D eigenvalue weighted by atomic mass is 9.43. The fourth-order valence-corrected chi connectivity index (χ4v) is 7.53. The minimum atomic E-state index is -0.222. The molecule has 0 aromatic heterocycles. The van der Waals surface area contributed by atoms with Crippen LogP contribution in [0.4, 0.5) is 5.69 Å². The highest BCUT2D eigenvalue weighted by atomic mass is 79.9. The lowest BCUT2D eigenvalue weighted by Gasteiger charge is -2.65. The van der Waals surface area contributed by atoms with Gasteiger partial charge in [-0.25, -0.2) is 0 Å². The summed E-state index contributed by atoms with van der Waals surface area (Å²) in [5.41, 5.74) is 1.23. The molecule has 5 rings (SSSR count).